The van der Waals surface area contributed by atoms with E-state index in [-0.39, 0.29) is 24.3 Å². The summed E-state index contributed by atoms with van der Waals surface area (Å²) < 4.78 is 5.51. The highest BCUT2D eigenvalue weighted by atomic mass is 16.3. The number of aryl methyl sites for hydroxylation is 1. The van der Waals surface area contributed by atoms with E-state index >= 15 is 0 Å². The van der Waals surface area contributed by atoms with Crippen LogP contribution in [0.2, 0.25) is 0 Å². The highest BCUT2D eigenvalue weighted by Crippen LogP contribution is 2.33. The van der Waals surface area contributed by atoms with E-state index in [1.807, 2.05) is 66.4 Å². The molecule has 154 valence electrons. The van der Waals surface area contributed by atoms with Crippen molar-refractivity contribution in [1.29, 1.82) is 0 Å². The lowest BCUT2D eigenvalue weighted by Gasteiger charge is -2.37. The highest BCUT2D eigenvalue weighted by molar-refractivity contribution is 5.94. The van der Waals surface area contributed by atoms with Crippen LogP contribution in [0.25, 0.3) is 0 Å². The van der Waals surface area contributed by atoms with Crippen LogP contribution in [0.3, 0.4) is 0 Å². The number of anilines is 1. The van der Waals surface area contributed by atoms with E-state index in [9.17, 15) is 9.59 Å². The number of furan rings is 1. The Hall–Kier alpha value is -3.34. The minimum absolute atomic E-state index is 0.00442. The largest absolute Gasteiger partial charge is 0.467 e. The van der Waals surface area contributed by atoms with Gasteiger partial charge in [-0.05, 0) is 48.7 Å². The zero-order chi connectivity index (χ0) is 21.1. The zero-order valence-corrected chi connectivity index (χ0v) is 17.4. The first kappa shape index (κ1) is 20.0. The van der Waals surface area contributed by atoms with Gasteiger partial charge < -0.3 is 14.2 Å². The first-order chi connectivity index (χ1) is 14.5. The molecule has 0 saturated heterocycles. The van der Waals surface area contributed by atoms with Crippen molar-refractivity contribution in [3.8, 4) is 0 Å². The quantitative estimate of drug-likeness (QED) is 0.624. The van der Waals surface area contributed by atoms with E-state index in [2.05, 4.69) is 6.07 Å². The maximum absolute atomic E-state index is 13.5. The summed E-state index contributed by atoms with van der Waals surface area (Å²) in [6, 6.07) is 19.4. The van der Waals surface area contributed by atoms with Gasteiger partial charge in [-0.15, -0.1) is 0 Å². The Morgan fingerprint density at radius 2 is 1.83 bits per heavy atom. The number of rotatable bonds is 5. The molecule has 2 amide bonds. The molecule has 5 nitrogen and oxygen atoms in total. The van der Waals surface area contributed by atoms with E-state index in [4.69, 9.17) is 4.42 Å². The number of fused-ring (bicyclic) bond motifs is 1. The molecule has 1 unspecified atom stereocenters. The molecule has 4 rings (SSSR count). The lowest BCUT2D eigenvalue weighted by Crippen LogP contribution is -2.42. The molecule has 5 heteroatoms. The van der Waals surface area contributed by atoms with E-state index in [1.165, 1.54) is 5.56 Å². The topological polar surface area (TPSA) is 53.8 Å². The second-order valence-electron chi connectivity index (χ2n) is 7.78. The molecular weight excluding hydrogens is 376 g/mol. The fourth-order valence-corrected chi connectivity index (χ4v) is 4.13. The van der Waals surface area contributed by atoms with Crippen LogP contribution >= 0.6 is 0 Å². The van der Waals surface area contributed by atoms with Crippen molar-refractivity contribution in [2.45, 2.75) is 39.3 Å². The lowest BCUT2D eigenvalue weighted by atomic mass is 9.90. The molecule has 0 spiro atoms. The van der Waals surface area contributed by atoms with Crippen LogP contribution in [0.15, 0.2) is 71.3 Å². The van der Waals surface area contributed by atoms with Crippen LogP contribution in [-0.4, -0.2) is 23.3 Å². The van der Waals surface area contributed by atoms with Gasteiger partial charge in [-0.3, -0.25) is 9.59 Å². The number of carbonyl (C=O) groups excluding carboxylic acids is 2. The van der Waals surface area contributed by atoms with Crippen molar-refractivity contribution in [2.24, 2.45) is 0 Å². The van der Waals surface area contributed by atoms with Crippen LogP contribution in [0.4, 0.5) is 5.69 Å². The molecule has 1 aliphatic heterocycles. The first-order valence-electron chi connectivity index (χ1n) is 10.3. The van der Waals surface area contributed by atoms with Gasteiger partial charge in [0.2, 0.25) is 11.8 Å². The predicted octanol–water partition coefficient (Wildman–Crippen LogP) is 4.66. The maximum atomic E-state index is 13.5. The summed E-state index contributed by atoms with van der Waals surface area (Å²) >= 11 is 0. The van der Waals surface area contributed by atoms with Crippen molar-refractivity contribution in [3.05, 3.63) is 89.4 Å². The van der Waals surface area contributed by atoms with Crippen molar-refractivity contribution in [3.63, 3.8) is 0 Å². The van der Waals surface area contributed by atoms with Crippen LogP contribution in [-0.2, 0) is 22.6 Å². The lowest BCUT2D eigenvalue weighted by molar-refractivity contribution is -0.133. The van der Waals surface area contributed by atoms with Crippen LogP contribution in [0.1, 0.15) is 41.8 Å². The number of carbonyl (C=O) groups is 2. The third-order valence-electron chi connectivity index (χ3n) is 5.73. The number of benzene rings is 2. The molecule has 1 aliphatic rings. The summed E-state index contributed by atoms with van der Waals surface area (Å²) in [6.45, 7) is 4.58. The number of hydrogen-bond donors (Lipinski definition) is 0. The Kier molecular flexibility index (Phi) is 5.70. The van der Waals surface area contributed by atoms with Gasteiger partial charge in [-0.1, -0.05) is 42.0 Å². The molecule has 0 N–H and O–H groups in total. The molecule has 2 aromatic carbocycles. The average molecular weight is 402 g/mol. The van der Waals surface area contributed by atoms with Gasteiger partial charge in [0.05, 0.1) is 25.3 Å². The Morgan fingerprint density at radius 3 is 2.53 bits per heavy atom. The average Bonchev–Trinajstić information content (AvgIpc) is 3.26. The van der Waals surface area contributed by atoms with Crippen molar-refractivity contribution < 1.29 is 14.0 Å². The van der Waals surface area contributed by atoms with Crippen LogP contribution in [0.5, 0.6) is 0 Å². The molecule has 2 heterocycles. The first-order valence-corrected chi connectivity index (χ1v) is 10.3. The fraction of sp³-hybridized carbons (Fsp3) is 0.280. The van der Waals surface area contributed by atoms with Crippen LogP contribution in [0, 0.1) is 6.92 Å². The normalized spacial score (nSPS) is 15.5. The van der Waals surface area contributed by atoms with E-state index in [0.717, 1.165) is 29.0 Å². The second-order valence-corrected chi connectivity index (χ2v) is 7.78. The Bertz CT molecular complexity index is 1020. The predicted molar refractivity (Wildman–Crippen MR) is 116 cm³/mol. The molecule has 0 saturated carbocycles. The van der Waals surface area contributed by atoms with Gasteiger partial charge in [0.15, 0.2) is 0 Å². The van der Waals surface area contributed by atoms with E-state index in [1.54, 1.807) is 18.1 Å². The Labute approximate surface area is 176 Å². The third-order valence-corrected chi connectivity index (χ3v) is 5.73. The van der Waals surface area contributed by atoms with E-state index < -0.39 is 0 Å². The maximum Gasteiger partial charge on any atom is 0.229 e. The summed E-state index contributed by atoms with van der Waals surface area (Å²) in [5, 5.41) is 0. The van der Waals surface area contributed by atoms with Gasteiger partial charge in [0, 0.05) is 19.2 Å². The molecule has 30 heavy (non-hydrogen) atoms. The zero-order valence-electron chi connectivity index (χ0n) is 17.4. The minimum atomic E-state index is -0.260. The molecule has 0 fully saturated rings. The molecule has 0 bridgehead atoms. The van der Waals surface area contributed by atoms with Crippen molar-refractivity contribution in [1.82, 2.24) is 4.90 Å². The highest BCUT2D eigenvalue weighted by Gasteiger charge is 2.32. The van der Waals surface area contributed by atoms with E-state index in [0.29, 0.717) is 13.1 Å². The van der Waals surface area contributed by atoms with Crippen molar-refractivity contribution >= 4 is 17.5 Å². The Balaban J connectivity index is 1.65. The standard InChI is InChI=1S/C25H26N2O3/c1-18-9-11-21(12-10-18)27(17-22-7-5-15-30-22)25(29)16-24-23-8-4-3-6-20(23)13-14-26(24)19(2)28/h3-12,15,24H,13-14,16-17H2,1-2H3. The minimum Gasteiger partial charge on any atom is -0.467 e. The summed E-state index contributed by atoms with van der Waals surface area (Å²) in [5.41, 5.74) is 4.23. The van der Waals surface area contributed by atoms with Crippen molar-refractivity contribution in [2.75, 3.05) is 11.4 Å². The summed E-state index contributed by atoms with van der Waals surface area (Å²) in [6.07, 6.45) is 2.65. The smallest absolute Gasteiger partial charge is 0.229 e. The van der Waals surface area contributed by atoms with Crippen LogP contribution < -0.4 is 4.90 Å². The molecular formula is C25H26N2O3. The number of hydrogen-bond acceptors (Lipinski definition) is 3. The molecule has 3 aromatic rings. The number of amides is 2. The molecule has 1 atom stereocenters. The molecule has 0 aliphatic carbocycles. The van der Waals surface area contributed by atoms with Gasteiger partial charge in [0.1, 0.15) is 5.76 Å². The SMILES string of the molecule is CC(=O)N1CCc2ccccc2C1CC(=O)N(Cc1ccco1)c1ccc(C)cc1. The monoisotopic (exact) mass is 402 g/mol. The van der Waals surface area contributed by atoms with Gasteiger partial charge in [-0.25, -0.2) is 0 Å². The van der Waals surface area contributed by atoms with Gasteiger partial charge in [0.25, 0.3) is 0 Å². The van der Waals surface area contributed by atoms with Gasteiger partial charge >= 0.3 is 0 Å². The second kappa shape index (κ2) is 8.57. The van der Waals surface area contributed by atoms with Gasteiger partial charge in [-0.2, -0.15) is 0 Å². The molecule has 1 aromatic heterocycles. The summed E-state index contributed by atoms with van der Waals surface area (Å²) in [4.78, 5) is 29.4. The Morgan fingerprint density at radius 1 is 1.07 bits per heavy atom. The summed E-state index contributed by atoms with van der Waals surface area (Å²) in [5.74, 6) is 0.676. The number of nitrogens with zero attached hydrogens (tertiary/aromatic N) is 2. The molecule has 0 radical (unpaired) electrons. The summed E-state index contributed by atoms with van der Waals surface area (Å²) in [7, 11) is 0. The fourth-order valence-electron chi connectivity index (χ4n) is 4.13. The third kappa shape index (κ3) is 4.15.